The lowest BCUT2D eigenvalue weighted by atomic mass is 10.2. The zero-order valence-corrected chi connectivity index (χ0v) is 11.0. The molecule has 6 nitrogen and oxygen atoms in total. The summed E-state index contributed by atoms with van der Waals surface area (Å²) in [7, 11) is 0. The van der Waals surface area contributed by atoms with Crippen LogP contribution in [0.4, 0.5) is 0 Å². The second kappa shape index (κ2) is 5.54. The van der Waals surface area contributed by atoms with Gasteiger partial charge in [0.15, 0.2) is 0 Å². The minimum Gasteiger partial charge on any atom is -0.267 e. The van der Waals surface area contributed by atoms with Gasteiger partial charge in [-0.3, -0.25) is 9.78 Å². The lowest BCUT2D eigenvalue weighted by Gasteiger charge is -1.98. The Labute approximate surface area is 118 Å². The van der Waals surface area contributed by atoms with Crippen molar-refractivity contribution in [1.82, 2.24) is 19.2 Å². The number of nitrogens with one attached hydrogen (secondary N) is 1. The van der Waals surface area contributed by atoms with Gasteiger partial charge in [-0.1, -0.05) is 12.1 Å². The first-order valence-corrected chi connectivity index (χ1v) is 6.52. The van der Waals surface area contributed by atoms with E-state index in [0.29, 0.717) is 5.56 Å². The van der Waals surface area contributed by atoms with Gasteiger partial charge in [-0.15, -0.1) is 0 Å². The molecule has 20 heavy (non-hydrogen) atoms. The molecule has 7 heteroatoms. The Bertz CT molecular complexity index is 769. The predicted octanol–water partition coefficient (Wildman–Crippen LogP) is 1.85. The van der Waals surface area contributed by atoms with Gasteiger partial charge in [0.05, 0.1) is 17.9 Å². The van der Waals surface area contributed by atoms with Crippen molar-refractivity contribution in [2.75, 3.05) is 0 Å². The van der Waals surface area contributed by atoms with Gasteiger partial charge in [0, 0.05) is 23.5 Å². The summed E-state index contributed by atoms with van der Waals surface area (Å²) < 4.78 is 8.34. The molecule has 1 amide bonds. The fourth-order valence-electron chi connectivity index (χ4n) is 1.66. The highest BCUT2D eigenvalue weighted by atomic mass is 32.1. The topological polar surface area (TPSA) is 80.1 Å². The second-order valence-electron chi connectivity index (χ2n) is 3.91. The molecule has 0 bridgehead atoms. The SMILES string of the molecule is O=C(NN=Cc1cccc2nsnc12)c1ccncc1. The number of fused-ring (bicyclic) bond motifs is 1. The van der Waals surface area contributed by atoms with Crippen molar-refractivity contribution in [2.45, 2.75) is 0 Å². The number of rotatable bonds is 3. The van der Waals surface area contributed by atoms with Crippen LogP contribution in [0.3, 0.4) is 0 Å². The fourth-order valence-corrected chi connectivity index (χ4v) is 2.22. The van der Waals surface area contributed by atoms with Crippen LogP contribution < -0.4 is 5.43 Å². The van der Waals surface area contributed by atoms with E-state index in [0.717, 1.165) is 28.3 Å². The van der Waals surface area contributed by atoms with Crippen molar-refractivity contribution in [3.05, 3.63) is 53.9 Å². The van der Waals surface area contributed by atoms with E-state index < -0.39 is 0 Å². The zero-order valence-electron chi connectivity index (χ0n) is 10.2. The maximum Gasteiger partial charge on any atom is 0.271 e. The van der Waals surface area contributed by atoms with Gasteiger partial charge in [-0.25, -0.2) is 5.43 Å². The van der Waals surface area contributed by atoms with Crippen molar-refractivity contribution < 1.29 is 4.79 Å². The quantitative estimate of drug-likeness (QED) is 0.587. The Balaban J connectivity index is 1.75. The minimum absolute atomic E-state index is 0.285. The molecule has 0 fully saturated rings. The molecule has 0 saturated carbocycles. The standard InChI is InChI=1S/C13H9N5OS/c19-13(9-4-6-14-7-5-9)16-15-8-10-2-1-3-11-12(10)18-20-17-11/h1-8H,(H,16,19). The maximum atomic E-state index is 11.8. The Kier molecular flexibility index (Phi) is 3.42. The van der Waals surface area contributed by atoms with Gasteiger partial charge in [0.2, 0.25) is 0 Å². The van der Waals surface area contributed by atoms with Crippen LogP contribution in [-0.2, 0) is 0 Å². The fraction of sp³-hybridized carbons (Fsp3) is 0. The van der Waals surface area contributed by atoms with Crippen LogP contribution in [0.1, 0.15) is 15.9 Å². The van der Waals surface area contributed by atoms with Gasteiger partial charge in [0.1, 0.15) is 11.0 Å². The monoisotopic (exact) mass is 283 g/mol. The molecule has 0 saturated heterocycles. The molecule has 0 spiro atoms. The Morgan fingerprint density at radius 2 is 2.05 bits per heavy atom. The number of carbonyl (C=O) groups is 1. The third kappa shape index (κ3) is 2.52. The van der Waals surface area contributed by atoms with E-state index in [-0.39, 0.29) is 5.91 Å². The molecule has 3 rings (SSSR count). The molecule has 0 atom stereocenters. The highest BCUT2D eigenvalue weighted by Crippen LogP contribution is 2.14. The first-order valence-electron chi connectivity index (χ1n) is 5.79. The second-order valence-corrected chi connectivity index (χ2v) is 4.44. The van der Waals surface area contributed by atoms with Crippen LogP contribution in [0.2, 0.25) is 0 Å². The number of hydrazone groups is 1. The first kappa shape index (κ1) is 12.4. The third-order valence-electron chi connectivity index (χ3n) is 2.63. The lowest BCUT2D eigenvalue weighted by molar-refractivity contribution is 0.0955. The molecular formula is C13H9N5OS. The van der Waals surface area contributed by atoms with Gasteiger partial charge >= 0.3 is 0 Å². The minimum atomic E-state index is -0.285. The van der Waals surface area contributed by atoms with Gasteiger partial charge in [-0.05, 0) is 18.2 Å². The molecule has 0 aliphatic rings. The molecule has 2 aromatic heterocycles. The largest absolute Gasteiger partial charge is 0.271 e. The highest BCUT2D eigenvalue weighted by Gasteiger charge is 2.04. The number of nitrogens with zero attached hydrogens (tertiary/aromatic N) is 4. The van der Waals surface area contributed by atoms with Crippen LogP contribution in [0.5, 0.6) is 0 Å². The molecule has 2 heterocycles. The number of hydrogen-bond acceptors (Lipinski definition) is 6. The maximum absolute atomic E-state index is 11.8. The summed E-state index contributed by atoms with van der Waals surface area (Å²) in [5, 5.41) is 3.94. The van der Waals surface area contributed by atoms with Crippen molar-refractivity contribution in [3.63, 3.8) is 0 Å². The predicted molar refractivity (Wildman–Crippen MR) is 76.7 cm³/mol. The summed E-state index contributed by atoms with van der Waals surface area (Å²) in [5.41, 5.74) is 5.38. The molecule has 0 radical (unpaired) electrons. The summed E-state index contributed by atoms with van der Waals surface area (Å²) in [6, 6.07) is 8.86. The van der Waals surface area contributed by atoms with Crippen LogP contribution in [0, 0.1) is 0 Å². The van der Waals surface area contributed by atoms with Crippen LogP contribution in [0.15, 0.2) is 47.8 Å². The van der Waals surface area contributed by atoms with E-state index in [1.165, 1.54) is 0 Å². The lowest BCUT2D eigenvalue weighted by Crippen LogP contribution is -2.17. The van der Waals surface area contributed by atoms with Crippen LogP contribution >= 0.6 is 11.7 Å². The normalized spacial score (nSPS) is 11.0. The first-order chi connectivity index (χ1) is 9.84. The summed E-state index contributed by atoms with van der Waals surface area (Å²) in [5.74, 6) is -0.285. The van der Waals surface area contributed by atoms with Crippen molar-refractivity contribution in [1.29, 1.82) is 0 Å². The Morgan fingerprint density at radius 3 is 2.90 bits per heavy atom. The average molecular weight is 283 g/mol. The Morgan fingerprint density at radius 1 is 1.20 bits per heavy atom. The molecule has 0 aliphatic carbocycles. The van der Waals surface area contributed by atoms with E-state index in [9.17, 15) is 4.79 Å². The number of carbonyl (C=O) groups excluding carboxylic acids is 1. The number of hydrogen-bond donors (Lipinski definition) is 1. The number of pyridine rings is 1. The zero-order chi connectivity index (χ0) is 13.8. The van der Waals surface area contributed by atoms with E-state index in [4.69, 9.17) is 0 Å². The van der Waals surface area contributed by atoms with E-state index >= 15 is 0 Å². The number of benzene rings is 1. The van der Waals surface area contributed by atoms with E-state index in [1.807, 2.05) is 18.2 Å². The van der Waals surface area contributed by atoms with Gasteiger partial charge in [0.25, 0.3) is 5.91 Å². The number of aromatic nitrogens is 3. The van der Waals surface area contributed by atoms with E-state index in [1.54, 1.807) is 30.7 Å². The van der Waals surface area contributed by atoms with Crippen LogP contribution in [-0.4, -0.2) is 25.9 Å². The molecule has 1 N–H and O–H groups in total. The third-order valence-corrected chi connectivity index (χ3v) is 3.17. The summed E-state index contributed by atoms with van der Waals surface area (Å²) >= 11 is 1.15. The summed E-state index contributed by atoms with van der Waals surface area (Å²) in [6.07, 6.45) is 4.67. The van der Waals surface area contributed by atoms with Crippen LogP contribution in [0.25, 0.3) is 11.0 Å². The van der Waals surface area contributed by atoms with Crippen molar-refractivity contribution in [2.24, 2.45) is 5.10 Å². The van der Waals surface area contributed by atoms with Gasteiger partial charge < -0.3 is 0 Å². The highest BCUT2D eigenvalue weighted by molar-refractivity contribution is 7.00. The summed E-state index contributed by atoms with van der Waals surface area (Å²) in [4.78, 5) is 15.6. The smallest absolute Gasteiger partial charge is 0.267 e. The average Bonchev–Trinajstić information content (AvgIpc) is 2.97. The molecule has 98 valence electrons. The molecule has 1 aromatic carbocycles. The summed E-state index contributed by atoms with van der Waals surface area (Å²) in [6.45, 7) is 0. The number of amides is 1. The Hall–Kier alpha value is -2.67. The van der Waals surface area contributed by atoms with E-state index in [2.05, 4.69) is 24.3 Å². The van der Waals surface area contributed by atoms with Crippen molar-refractivity contribution in [3.8, 4) is 0 Å². The van der Waals surface area contributed by atoms with Gasteiger partial charge in [-0.2, -0.15) is 13.8 Å². The molecule has 0 aliphatic heterocycles. The van der Waals surface area contributed by atoms with Crippen molar-refractivity contribution >= 4 is 34.9 Å². The molecular weight excluding hydrogens is 274 g/mol. The molecule has 0 unspecified atom stereocenters. The molecule has 3 aromatic rings.